The van der Waals surface area contributed by atoms with Crippen molar-refractivity contribution in [1.29, 1.82) is 0 Å². The molecule has 1 heterocycles. The highest BCUT2D eigenvalue weighted by Crippen LogP contribution is 2.31. The predicted octanol–water partition coefficient (Wildman–Crippen LogP) is 4.34. The van der Waals surface area contributed by atoms with Gasteiger partial charge in [0.25, 0.3) is 0 Å². The van der Waals surface area contributed by atoms with Gasteiger partial charge < -0.3 is 4.74 Å². The third-order valence-electron chi connectivity index (χ3n) is 3.21. The van der Waals surface area contributed by atoms with Crippen LogP contribution in [0.15, 0.2) is 58.1 Å². The highest BCUT2D eigenvalue weighted by Gasteiger charge is 2.32. The molecule has 0 N–H and O–H groups in total. The molecular formula is C16H12BrClN2O2. The third-order valence-corrected chi connectivity index (χ3v) is 3.99. The fourth-order valence-corrected chi connectivity index (χ4v) is 2.51. The highest BCUT2D eigenvalue weighted by molar-refractivity contribution is 9.10. The SMILES string of the molecule is CC(=O)N1N=C(c2ccc(Cl)cc2)O[C@@H]1c1ccc(Br)cc1. The third kappa shape index (κ3) is 3.00. The maximum absolute atomic E-state index is 11.8. The fourth-order valence-electron chi connectivity index (χ4n) is 2.12. The number of carbonyl (C=O) groups is 1. The van der Waals surface area contributed by atoms with Gasteiger partial charge in [0.1, 0.15) is 0 Å². The second kappa shape index (κ2) is 6.10. The molecule has 1 atom stereocenters. The minimum absolute atomic E-state index is 0.183. The number of nitrogens with zero attached hydrogens (tertiary/aromatic N) is 2. The molecule has 0 unspecified atom stereocenters. The smallest absolute Gasteiger partial charge is 0.243 e. The highest BCUT2D eigenvalue weighted by atomic mass is 79.9. The first kappa shape index (κ1) is 15.1. The molecular weight excluding hydrogens is 368 g/mol. The number of ether oxygens (including phenoxy) is 1. The van der Waals surface area contributed by atoms with Crippen molar-refractivity contribution in [2.24, 2.45) is 5.10 Å². The van der Waals surface area contributed by atoms with Gasteiger partial charge in [-0.2, -0.15) is 5.01 Å². The molecule has 0 bridgehead atoms. The molecule has 0 aromatic heterocycles. The zero-order valence-electron chi connectivity index (χ0n) is 11.7. The van der Waals surface area contributed by atoms with Crippen molar-refractivity contribution in [3.05, 3.63) is 69.2 Å². The van der Waals surface area contributed by atoms with E-state index in [0.29, 0.717) is 10.9 Å². The van der Waals surface area contributed by atoms with Crippen LogP contribution in [0, 0.1) is 0 Å². The van der Waals surface area contributed by atoms with E-state index in [-0.39, 0.29) is 5.91 Å². The summed E-state index contributed by atoms with van der Waals surface area (Å²) in [6, 6.07) is 14.7. The Bertz CT molecular complexity index is 729. The van der Waals surface area contributed by atoms with Crippen molar-refractivity contribution in [2.45, 2.75) is 13.2 Å². The van der Waals surface area contributed by atoms with Crippen LogP contribution in [0.4, 0.5) is 0 Å². The number of rotatable bonds is 2. The number of hydrazone groups is 1. The lowest BCUT2D eigenvalue weighted by Gasteiger charge is -2.19. The number of benzene rings is 2. The normalized spacial score (nSPS) is 17.1. The lowest BCUT2D eigenvalue weighted by atomic mass is 10.2. The molecule has 2 aromatic carbocycles. The Morgan fingerprint density at radius 1 is 1.18 bits per heavy atom. The number of hydrogen-bond donors (Lipinski definition) is 0. The average molecular weight is 380 g/mol. The molecule has 0 saturated heterocycles. The Morgan fingerprint density at radius 3 is 2.41 bits per heavy atom. The molecule has 0 aliphatic carbocycles. The monoisotopic (exact) mass is 378 g/mol. The van der Waals surface area contributed by atoms with E-state index >= 15 is 0 Å². The summed E-state index contributed by atoms with van der Waals surface area (Å²) in [5.74, 6) is 0.219. The summed E-state index contributed by atoms with van der Waals surface area (Å²) >= 11 is 9.28. The van der Waals surface area contributed by atoms with Crippen molar-refractivity contribution < 1.29 is 9.53 Å². The van der Waals surface area contributed by atoms with Crippen molar-refractivity contribution in [2.75, 3.05) is 0 Å². The second-order valence-corrected chi connectivity index (χ2v) is 6.15. The summed E-state index contributed by atoms with van der Waals surface area (Å²) < 4.78 is 6.84. The first-order chi connectivity index (χ1) is 10.5. The summed E-state index contributed by atoms with van der Waals surface area (Å²) in [5, 5.41) is 6.27. The lowest BCUT2D eigenvalue weighted by Crippen LogP contribution is -2.25. The average Bonchev–Trinajstić information content (AvgIpc) is 2.94. The Balaban J connectivity index is 1.92. The molecule has 1 amide bonds. The van der Waals surface area contributed by atoms with Crippen LogP contribution >= 0.6 is 27.5 Å². The van der Waals surface area contributed by atoms with Crippen molar-refractivity contribution in [1.82, 2.24) is 5.01 Å². The molecule has 22 heavy (non-hydrogen) atoms. The van der Waals surface area contributed by atoms with Crippen LogP contribution in [0.1, 0.15) is 24.3 Å². The Kier molecular flexibility index (Phi) is 4.18. The molecule has 2 aromatic rings. The summed E-state index contributed by atoms with van der Waals surface area (Å²) in [6.07, 6.45) is -0.559. The van der Waals surface area contributed by atoms with E-state index in [4.69, 9.17) is 16.3 Å². The summed E-state index contributed by atoms with van der Waals surface area (Å²) in [7, 11) is 0. The van der Waals surface area contributed by atoms with Crippen LogP contribution in [0.2, 0.25) is 5.02 Å². The van der Waals surface area contributed by atoms with Crippen LogP contribution in [0.25, 0.3) is 0 Å². The van der Waals surface area contributed by atoms with Crippen LogP contribution in [0.5, 0.6) is 0 Å². The molecule has 4 nitrogen and oxygen atoms in total. The van der Waals surface area contributed by atoms with Gasteiger partial charge in [-0.05, 0) is 36.4 Å². The maximum Gasteiger partial charge on any atom is 0.243 e. The molecule has 1 aliphatic rings. The summed E-state index contributed by atoms with van der Waals surface area (Å²) in [5.41, 5.74) is 1.63. The maximum atomic E-state index is 11.8. The zero-order chi connectivity index (χ0) is 15.7. The first-order valence-electron chi connectivity index (χ1n) is 6.61. The van der Waals surface area contributed by atoms with E-state index in [2.05, 4.69) is 21.0 Å². The van der Waals surface area contributed by atoms with E-state index in [1.165, 1.54) is 11.9 Å². The van der Waals surface area contributed by atoms with Gasteiger partial charge in [-0.1, -0.05) is 39.7 Å². The van der Waals surface area contributed by atoms with Gasteiger partial charge in [-0.25, -0.2) is 0 Å². The molecule has 3 rings (SSSR count). The van der Waals surface area contributed by atoms with Crippen LogP contribution in [-0.4, -0.2) is 16.8 Å². The Labute approximate surface area is 141 Å². The molecule has 0 saturated carbocycles. The van der Waals surface area contributed by atoms with Gasteiger partial charge in [0.05, 0.1) is 0 Å². The summed E-state index contributed by atoms with van der Waals surface area (Å²) in [6.45, 7) is 1.46. The molecule has 0 fully saturated rings. The quantitative estimate of drug-likeness (QED) is 0.779. The van der Waals surface area contributed by atoms with E-state index in [0.717, 1.165) is 15.6 Å². The first-order valence-corrected chi connectivity index (χ1v) is 7.78. The van der Waals surface area contributed by atoms with Crippen LogP contribution in [-0.2, 0) is 9.53 Å². The number of halogens is 2. The molecule has 112 valence electrons. The zero-order valence-corrected chi connectivity index (χ0v) is 14.0. The van der Waals surface area contributed by atoms with Crippen LogP contribution < -0.4 is 0 Å². The number of amides is 1. The molecule has 6 heteroatoms. The number of carbonyl (C=O) groups excluding carboxylic acids is 1. The Morgan fingerprint density at radius 2 is 1.82 bits per heavy atom. The summed E-state index contributed by atoms with van der Waals surface area (Å²) in [4.78, 5) is 11.8. The van der Waals surface area contributed by atoms with Crippen molar-refractivity contribution >= 4 is 39.3 Å². The van der Waals surface area contributed by atoms with Gasteiger partial charge >= 0.3 is 0 Å². The lowest BCUT2D eigenvalue weighted by molar-refractivity contribution is -0.135. The van der Waals surface area contributed by atoms with Gasteiger partial charge in [-0.3, -0.25) is 4.79 Å². The van der Waals surface area contributed by atoms with Gasteiger partial charge in [0.15, 0.2) is 0 Å². The predicted molar refractivity (Wildman–Crippen MR) is 88.5 cm³/mol. The molecule has 1 aliphatic heterocycles. The fraction of sp³-hybridized carbons (Fsp3) is 0.125. The van der Waals surface area contributed by atoms with E-state index < -0.39 is 6.23 Å². The molecule has 0 radical (unpaired) electrons. The largest absolute Gasteiger partial charge is 0.446 e. The van der Waals surface area contributed by atoms with Crippen LogP contribution in [0.3, 0.4) is 0 Å². The Hall–Kier alpha value is -1.85. The number of hydrogen-bond acceptors (Lipinski definition) is 3. The molecule has 0 spiro atoms. The van der Waals surface area contributed by atoms with E-state index in [1.807, 2.05) is 36.4 Å². The minimum Gasteiger partial charge on any atom is -0.446 e. The van der Waals surface area contributed by atoms with E-state index in [1.54, 1.807) is 12.1 Å². The van der Waals surface area contributed by atoms with Crippen molar-refractivity contribution in [3.63, 3.8) is 0 Å². The minimum atomic E-state index is -0.559. The van der Waals surface area contributed by atoms with Gasteiger partial charge in [-0.15, -0.1) is 5.10 Å². The van der Waals surface area contributed by atoms with Gasteiger partial charge in [0, 0.05) is 27.5 Å². The standard InChI is InChI=1S/C16H12BrClN2O2/c1-10(21)20-16(12-2-6-13(17)7-3-12)22-15(19-20)11-4-8-14(18)9-5-11/h2-9,16H,1H3/t16-/m1/s1. The van der Waals surface area contributed by atoms with Crippen molar-refractivity contribution in [3.8, 4) is 0 Å². The topological polar surface area (TPSA) is 41.9 Å². The van der Waals surface area contributed by atoms with Gasteiger partial charge in [0.2, 0.25) is 18.0 Å². The second-order valence-electron chi connectivity index (χ2n) is 4.80. The van der Waals surface area contributed by atoms with E-state index in [9.17, 15) is 4.79 Å².